The normalized spacial score (nSPS) is 20.9. The number of anilines is 1. The molecule has 3 aromatic rings. The summed E-state index contributed by atoms with van der Waals surface area (Å²) in [5, 5.41) is 26.4. The van der Waals surface area contributed by atoms with Gasteiger partial charge in [0.05, 0.1) is 23.9 Å². The monoisotopic (exact) mass is 417 g/mol. The molecule has 5 rings (SSSR count). The van der Waals surface area contributed by atoms with Crippen LogP contribution >= 0.6 is 0 Å². The number of nitrogens with one attached hydrogen (secondary N) is 1. The van der Waals surface area contributed by atoms with Gasteiger partial charge in [0, 0.05) is 23.7 Å². The summed E-state index contributed by atoms with van der Waals surface area (Å²) in [6, 6.07) is 9.50. The minimum absolute atomic E-state index is 0.0137. The summed E-state index contributed by atoms with van der Waals surface area (Å²) >= 11 is 0. The van der Waals surface area contributed by atoms with Crippen molar-refractivity contribution in [3.8, 4) is 22.9 Å². The molecular weight excluding hydrogens is 394 g/mol. The number of rotatable bonds is 5. The van der Waals surface area contributed by atoms with Crippen LogP contribution < -0.4 is 10.1 Å². The Hall–Kier alpha value is -3.44. The summed E-state index contributed by atoms with van der Waals surface area (Å²) in [7, 11) is 0. The molecule has 2 saturated carbocycles. The molecule has 31 heavy (non-hydrogen) atoms. The average molecular weight is 417 g/mol. The molecule has 0 saturated heterocycles. The van der Waals surface area contributed by atoms with Crippen molar-refractivity contribution < 1.29 is 14.6 Å². The molecule has 0 radical (unpaired) electrons. The third-order valence-electron chi connectivity index (χ3n) is 5.89. The van der Waals surface area contributed by atoms with Crippen LogP contribution in [0.3, 0.4) is 0 Å². The summed E-state index contributed by atoms with van der Waals surface area (Å²) in [4.78, 5) is 16.2. The third kappa shape index (κ3) is 4.23. The molecule has 158 valence electrons. The molecule has 0 spiro atoms. The Labute approximate surface area is 179 Å². The van der Waals surface area contributed by atoms with Gasteiger partial charge in [0.25, 0.3) is 0 Å². The zero-order chi connectivity index (χ0) is 21.4. The lowest BCUT2D eigenvalue weighted by molar-refractivity contribution is -0.117. The molecule has 2 fully saturated rings. The first-order chi connectivity index (χ1) is 15.1. The zero-order valence-corrected chi connectivity index (χ0v) is 17.0. The van der Waals surface area contributed by atoms with E-state index in [0.717, 1.165) is 55.2 Å². The topological polar surface area (TPSA) is 113 Å². The molecule has 2 aliphatic rings. The molecule has 8 nitrogen and oxygen atoms in total. The number of aromatic nitrogens is 3. The lowest BCUT2D eigenvalue weighted by atomic mass is 9.95. The van der Waals surface area contributed by atoms with Crippen molar-refractivity contribution in [2.45, 2.75) is 50.7 Å². The fraction of sp³-hybridized carbons (Fsp3) is 0.391. The highest BCUT2D eigenvalue weighted by Crippen LogP contribution is 2.34. The lowest BCUT2D eigenvalue weighted by Gasteiger charge is -2.27. The van der Waals surface area contributed by atoms with Crippen molar-refractivity contribution in [2.24, 2.45) is 5.92 Å². The number of aliphatic hydroxyl groups excluding tert-OH is 1. The molecule has 2 N–H and O–H groups in total. The Morgan fingerprint density at radius 2 is 2.00 bits per heavy atom. The van der Waals surface area contributed by atoms with E-state index >= 15 is 0 Å². The van der Waals surface area contributed by atoms with Gasteiger partial charge in [-0.15, -0.1) is 0 Å². The van der Waals surface area contributed by atoms with E-state index in [1.165, 1.54) is 0 Å². The third-order valence-corrected chi connectivity index (χ3v) is 5.89. The van der Waals surface area contributed by atoms with E-state index < -0.39 is 0 Å². The maximum absolute atomic E-state index is 12.0. The summed E-state index contributed by atoms with van der Waals surface area (Å²) in [6.07, 6.45) is 8.08. The van der Waals surface area contributed by atoms with Crippen molar-refractivity contribution in [2.75, 3.05) is 5.32 Å². The van der Waals surface area contributed by atoms with Gasteiger partial charge in [-0.05, 0) is 62.3 Å². The summed E-state index contributed by atoms with van der Waals surface area (Å²) in [6.45, 7) is 0. The molecule has 3 aromatic heterocycles. The fourth-order valence-electron chi connectivity index (χ4n) is 3.96. The van der Waals surface area contributed by atoms with Gasteiger partial charge in [-0.1, -0.05) is 0 Å². The number of ether oxygens (including phenoxy) is 1. The van der Waals surface area contributed by atoms with Crippen molar-refractivity contribution >= 4 is 17.2 Å². The quantitative estimate of drug-likeness (QED) is 0.659. The maximum atomic E-state index is 12.0. The number of hydrogen-bond donors (Lipinski definition) is 2. The Morgan fingerprint density at radius 3 is 2.74 bits per heavy atom. The molecule has 1 amide bonds. The first kappa shape index (κ1) is 19.5. The van der Waals surface area contributed by atoms with E-state index in [0.29, 0.717) is 17.3 Å². The largest absolute Gasteiger partial charge is 0.488 e. The van der Waals surface area contributed by atoms with Gasteiger partial charge >= 0.3 is 0 Å². The predicted molar refractivity (Wildman–Crippen MR) is 113 cm³/mol. The number of amides is 1. The van der Waals surface area contributed by atoms with Crippen LogP contribution in [-0.2, 0) is 4.79 Å². The van der Waals surface area contributed by atoms with Gasteiger partial charge in [0.1, 0.15) is 17.5 Å². The molecule has 8 heteroatoms. The fourth-order valence-corrected chi connectivity index (χ4v) is 3.96. The Balaban J connectivity index is 1.44. The average Bonchev–Trinajstić information content (AvgIpc) is 3.56. The van der Waals surface area contributed by atoms with Crippen LogP contribution in [0.1, 0.15) is 44.2 Å². The van der Waals surface area contributed by atoms with Gasteiger partial charge in [-0.25, -0.2) is 9.50 Å². The van der Waals surface area contributed by atoms with Crippen LogP contribution in [0.2, 0.25) is 0 Å². The number of hydrogen-bond acceptors (Lipinski definition) is 6. The molecule has 0 bridgehead atoms. The SMILES string of the molecule is N#Cc1cc(-c2ccn3nc(NC(=O)C4CC4)cc3c2)c(O[C@H]2CC[C@@H](O)CC2)cn1. The molecule has 0 aromatic carbocycles. The number of nitriles is 1. The minimum atomic E-state index is -0.253. The molecule has 0 aliphatic heterocycles. The summed E-state index contributed by atoms with van der Waals surface area (Å²) in [5.74, 6) is 1.28. The summed E-state index contributed by atoms with van der Waals surface area (Å²) < 4.78 is 7.94. The van der Waals surface area contributed by atoms with E-state index in [2.05, 4.69) is 21.5 Å². The first-order valence-electron chi connectivity index (χ1n) is 10.6. The van der Waals surface area contributed by atoms with E-state index in [-0.39, 0.29) is 24.0 Å². The van der Waals surface area contributed by atoms with Gasteiger partial charge in [0.15, 0.2) is 5.82 Å². The Kier molecular flexibility index (Phi) is 5.04. The van der Waals surface area contributed by atoms with Crippen LogP contribution in [-0.4, -0.2) is 37.8 Å². The number of fused-ring (bicyclic) bond motifs is 1. The number of pyridine rings is 2. The number of carbonyl (C=O) groups excluding carboxylic acids is 1. The van der Waals surface area contributed by atoms with E-state index in [9.17, 15) is 15.2 Å². The molecular formula is C23H23N5O3. The van der Waals surface area contributed by atoms with Crippen LogP contribution in [0.4, 0.5) is 5.82 Å². The molecule has 0 atom stereocenters. The summed E-state index contributed by atoms with van der Waals surface area (Å²) in [5.41, 5.74) is 2.79. The first-order valence-corrected chi connectivity index (χ1v) is 10.6. The lowest BCUT2D eigenvalue weighted by Crippen LogP contribution is -2.26. The minimum Gasteiger partial charge on any atom is -0.488 e. The predicted octanol–water partition coefficient (Wildman–Crippen LogP) is 3.30. The number of nitrogens with zero attached hydrogens (tertiary/aromatic N) is 4. The molecule has 0 unspecified atom stereocenters. The second-order valence-electron chi connectivity index (χ2n) is 8.30. The van der Waals surface area contributed by atoms with Crippen molar-refractivity contribution in [1.82, 2.24) is 14.6 Å². The highest BCUT2D eigenvalue weighted by molar-refractivity contribution is 5.93. The van der Waals surface area contributed by atoms with E-state index in [1.54, 1.807) is 16.8 Å². The highest BCUT2D eigenvalue weighted by atomic mass is 16.5. The van der Waals surface area contributed by atoms with Gasteiger partial charge in [-0.3, -0.25) is 4.79 Å². The van der Waals surface area contributed by atoms with Crippen molar-refractivity contribution in [3.63, 3.8) is 0 Å². The van der Waals surface area contributed by atoms with Gasteiger partial charge in [-0.2, -0.15) is 10.4 Å². The Bertz CT molecular complexity index is 1170. The standard InChI is InChI=1S/C23H23N5O3/c24-12-16-10-20(21(13-25-16)31-19-5-3-18(29)4-6-19)15-7-8-28-17(9-15)11-22(27-28)26-23(30)14-1-2-14/h7-11,13-14,18-19,29H,1-6H2,(H,26,27,30)/t18-,19+. The molecule has 2 aliphatic carbocycles. The van der Waals surface area contributed by atoms with Crippen LogP contribution in [0.5, 0.6) is 5.75 Å². The van der Waals surface area contributed by atoms with Gasteiger partial charge < -0.3 is 15.2 Å². The molecule has 3 heterocycles. The zero-order valence-electron chi connectivity index (χ0n) is 17.0. The van der Waals surface area contributed by atoms with Crippen LogP contribution in [0.25, 0.3) is 16.6 Å². The highest BCUT2D eigenvalue weighted by Gasteiger charge is 2.30. The number of aliphatic hydroxyl groups is 1. The van der Waals surface area contributed by atoms with Crippen molar-refractivity contribution in [1.29, 1.82) is 5.26 Å². The second kappa shape index (κ2) is 8.00. The van der Waals surface area contributed by atoms with Crippen LogP contribution in [0.15, 0.2) is 36.7 Å². The van der Waals surface area contributed by atoms with E-state index in [4.69, 9.17) is 4.74 Å². The smallest absolute Gasteiger partial charge is 0.228 e. The second-order valence-corrected chi connectivity index (χ2v) is 8.30. The Morgan fingerprint density at radius 1 is 1.19 bits per heavy atom. The maximum Gasteiger partial charge on any atom is 0.228 e. The number of carbonyl (C=O) groups is 1. The van der Waals surface area contributed by atoms with Crippen molar-refractivity contribution in [3.05, 3.63) is 42.4 Å². The van der Waals surface area contributed by atoms with E-state index in [1.807, 2.05) is 24.4 Å². The van der Waals surface area contributed by atoms with Crippen LogP contribution in [0, 0.1) is 17.2 Å². The van der Waals surface area contributed by atoms with Gasteiger partial charge in [0.2, 0.25) is 5.91 Å².